The van der Waals surface area contributed by atoms with Gasteiger partial charge in [0.1, 0.15) is 11.4 Å². The van der Waals surface area contributed by atoms with Gasteiger partial charge >= 0.3 is 6.18 Å². The van der Waals surface area contributed by atoms with Crippen molar-refractivity contribution in [1.29, 1.82) is 0 Å². The summed E-state index contributed by atoms with van der Waals surface area (Å²) in [4.78, 5) is 4.40. The molecule has 0 aliphatic rings. The van der Waals surface area contributed by atoms with E-state index in [1.54, 1.807) is 47.2 Å². The van der Waals surface area contributed by atoms with E-state index < -0.39 is 17.3 Å². The monoisotopic (exact) mass is 490 g/mol. The number of halogens is 5. The lowest BCUT2D eigenvalue weighted by Crippen LogP contribution is -2.15. The van der Waals surface area contributed by atoms with Crippen LogP contribution < -0.4 is 0 Å². The highest BCUT2D eigenvalue weighted by Crippen LogP contribution is 2.39. The van der Waals surface area contributed by atoms with Gasteiger partial charge in [-0.2, -0.15) is 13.2 Å². The van der Waals surface area contributed by atoms with Gasteiger partial charge in [-0.3, -0.25) is 4.57 Å². The number of nitrogens with zero attached hydrogens (tertiary/aromatic N) is 2. The molecule has 33 heavy (non-hydrogen) atoms. The van der Waals surface area contributed by atoms with Crippen molar-refractivity contribution < 1.29 is 18.3 Å². The molecule has 0 atom stereocenters. The Kier molecular flexibility index (Phi) is 6.03. The lowest BCUT2D eigenvalue weighted by molar-refractivity contribution is -0.137. The van der Waals surface area contributed by atoms with Gasteiger partial charge in [0.05, 0.1) is 11.3 Å². The standard InChI is InChI=1S/C25H19Cl2F3N2O/c1-24(2,33)22-14-32(23(31-22)18-8-3-4-9-20(18)25(28,29)30)17-7-5-6-15(12-17)19-13-16(26)10-11-21(19)27/h3-14,33H,1-2H3. The van der Waals surface area contributed by atoms with Gasteiger partial charge < -0.3 is 5.11 Å². The Labute approximate surface area is 199 Å². The van der Waals surface area contributed by atoms with E-state index in [1.807, 2.05) is 6.07 Å². The van der Waals surface area contributed by atoms with Crippen molar-refractivity contribution in [3.63, 3.8) is 0 Å². The molecule has 0 bridgehead atoms. The average Bonchev–Trinajstić information content (AvgIpc) is 3.21. The van der Waals surface area contributed by atoms with Crippen LogP contribution in [0.4, 0.5) is 13.2 Å². The molecule has 0 saturated carbocycles. The predicted octanol–water partition coefficient (Wildman–Crippen LogP) is 7.76. The summed E-state index contributed by atoms with van der Waals surface area (Å²) in [5.74, 6) is 0.0643. The Balaban J connectivity index is 1.95. The fourth-order valence-electron chi connectivity index (χ4n) is 3.53. The molecule has 0 aliphatic heterocycles. The number of alkyl halides is 3. The number of aliphatic hydroxyl groups is 1. The summed E-state index contributed by atoms with van der Waals surface area (Å²) < 4.78 is 42.8. The van der Waals surface area contributed by atoms with Crippen molar-refractivity contribution >= 4 is 23.2 Å². The molecule has 4 aromatic rings. The summed E-state index contributed by atoms with van der Waals surface area (Å²) in [5.41, 5.74) is -0.0557. The molecule has 8 heteroatoms. The Morgan fingerprint density at radius 2 is 1.61 bits per heavy atom. The summed E-state index contributed by atoms with van der Waals surface area (Å²) in [6.07, 6.45) is -3.03. The second kappa shape index (κ2) is 8.52. The molecule has 0 amide bonds. The minimum Gasteiger partial charge on any atom is -0.384 e. The third-order valence-corrected chi connectivity index (χ3v) is 5.73. The summed E-state index contributed by atoms with van der Waals surface area (Å²) in [6.45, 7) is 3.06. The highest BCUT2D eigenvalue weighted by molar-refractivity contribution is 6.35. The molecule has 1 aromatic heterocycles. The maximum absolute atomic E-state index is 13.8. The number of hydrogen-bond donors (Lipinski definition) is 1. The third kappa shape index (κ3) is 4.78. The van der Waals surface area contributed by atoms with E-state index in [4.69, 9.17) is 23.2 Å². The third-order valence-electron chi connectivity index (χ3n) is 5.17. The normalized spacial score (nSPS) is 12.2. The molecule has 0 spiro atoms. The molecule has 0 aliphatic carbocycles. The quantitative estimate of drug-likeness (QED) is 0.317. The van der Waals surface area contributed by atoms with Crippen molar-refractivity contribution in [3.8, 4) is 28.2 Å². The van der Waals surface area contributed by atoms with Gasteiger partial charge in [-0.15, -0.1) is 0 Å². The number of hydrogen-bond acceptors (Lipinski definition) is 2. The van der Waals surface area contributed by atoms with Crippen molar-refractivity contribution in [3.05, 3.63) is 94.2 Å². The van der Waals surface area contributed by atoms with Crippen LogP contribution in [0.1, 0.15) is 25.1 Å². The molecule has 0 fully saturated rings. The van der Waals surface area contributed by atoms with Gasteiger partial charge in [0.25, 0.3) is 0 Å². The van der Waals surface area contributed by atoms with Crippen LogP contribution in [0.2, 0.25) is 10.0 Å². The minimum atomic E-state index is -4.57. The summed E-state index contributed by atoms with van der Waals surface area (Å²) >= 11 is 12.5. The average molecular weight is 491 g/mol. The first-order valence-electron chi connectivity index (χ1n) is 10.00. The smallest absolute Gasteiger partial charge is 0.384 e. The van der Waals surface area contributed by atoms with Crippen LogP contribution in [0, 0.1) is 0 Å². The van der Waals surface area contributed by atoms with Crippen LogP contribution in [-0.4, -0.2) is 14.7 Å². The Bertz CT molecular complexity index is 1320. The van der Waals surface area contributed by atoms with E-state index in [1.165, 1.54) is 32.0 Å². The van der Waals surface area contributed by atoms with Crippen LogP contribution in [0.3, 0.4) is 0 Å². The molecule has 1 heterocycles. The van der Waals surface area contributed by atoms with Gasteiger partial charge in [0, 0.05) is 33.1 Å². The first kappa shape index (κ1) is 23.4. The lowest BCUT2D eigenvalue weighted by atomic mass is 10.0. The predicted molar refractivity (Wildman–Crippen MR) is 125 cm³/mol. The molecule has 3 aromatic carbocycles. The number of benzene rings is 3. The molecular formula is C25H19Cl2F3N2O. The van der Waals surface area contributed by atoms with Gasteiger partial charge in [-0.05, 0) is 55.8 Å². The van der Waals surface area contributed by atoms with E-state index in [0.29, 0.717) is 21.3 Å². The number of aromatic nitrogens is 2. The fourth-order valence-corrected chi connectivity index (χ4v) is 3.93. The Hall–Kier alpha value is -2.80. The molecule has 4 rings (SSSR count). The lowest BCUT2D eigenvalue weighted by Gasteiger charge is -2.15. The largest absolute Gasteiger partial charge is 0.417 e. The second-order valence-electron chi connectivity index (χ2n) is 8.10. The van der Waals surface area contributed by atoms with E-state index in [-0.39, 0.29) is 17.1 Å². The minimum absolute atomic E-state index is 0.0643. The molecule has 1 N–H and O–H groups in total. The van der Waals surface area contributed by atoms with Crippen LogP contribution in [-0.2, 0) is 11.8 Å². The van der Waals surface area contributed by atoms with Crippen molar-refractivity contribution in [1.82, 2.24) is 9.55 Å². The van der Waals surface area contributed by atoms with Gasteiger partial charge in [-0.25, -0.2) is 4.98 Å². The SMILES string of the molecule is CC(C)(O)c1cn(-c2cccc(-c3cc(Cl)ccc3Cl)c2)c(-c2ccccc2C(F)(F)F)n1. The molecule has 0 radical (unpaired) electrons. The zero-order valence-electron chi connectivity index (χ0n) is 17.7. The van der Waals surface area contributed by atoms with Crippen molar-refractivity contribution in [2.45, 2.75) is 25.6 Å². The highest BCUT2D eigenvalue weighted by Gasteiger charge is 2.35. The zero-order chi connectivity index (χ0) is 24.0. The van der Waals surface area contributed by atoms with Crippen LogP contribution in [0.5, 0.6) is 0 Å². The maximum atomic E-state index is 13.8. The highest BCUT2D eigenvalue weighted by atomic mass is 35.5. The number of imidazole rings is 1. The summed E-state index contributed by atoms with van der Waals surface area (Å²) in [7, 11) is 0. The van der Waals surface area contributed by atoms with E-state index >= 15 is 0 Å². The number of rotatable bonds is 4. The topological polar surface area (TPSA) is 38.0 Å². The second-order valence-corrected chi connectivity index (χ2v) is 8.94. The molecule has 0 saturated heterocycles. The van der Waals surface area contributed by atoms with Gasteiger partial charge in [0.15, 0.2) is 0 Å². The first-order chi connectivity index (χ1) is 15.4. The van der Waals surface area contributed by atoms with Crippen molar-refractivity contribution in [2.75, 3.05) is 0 Å². The van der Waals surface area contributed by atoms with Crippen LogP contribution in [0.25, 0.3) is 28.2 Å². The van der Waals surface area contributed by atoms with E-state index in [9.17, 15) is 18.3 Å². The Morgan fingerprint density at radius 1 is 0.879 bits per heavy atom. The molecule has 170 valence electrons. The summed E-state index contributed by atoms with van der Waals surface area (Å²) in [6, 6.07) is 17.4. The zero-order valence-corrected chi connectivity index (χ0v) is 19.2. The Morgan fingerprint density at radius 3 is 2.30 bits per heavy atom. The van der Waals surface area contributed by atoms with E-state index in [0.717, 1.165) is 11.6 Å². The van der Waals surface area contributed by atoms with Crippen molar-refractivity contribution in [2.24, 2.45) is 0 Å². The molecular weight excluding hydrogens is 472 g/mol. The van der Waals surface area contributed by atoms with Gasteiger partial charge in [-0.1, -0.05) is 53.5 Å². The van der Waals surface area contributed by atoms with Crippen LogP contribution in [0.15, 0.2) is 72.9 Å². The first-order valence-corrected chi connectivity index (χ1v) is 10.8. The molecule has 0 unspecified atom stereocenters. The maximum Gasteiger partial charge on any atom is 0.417 e. The fraction of sp³-hybridized carbons (Fsp3) is 0.160. The van der Waals surface area contributed by atoms with E-state index in [2.05, 4.69) is 4.98 Å². The molecule has 3 nitrogen and oxygen atoms in total. The summed E-state index contributed by atoms with van der Waals surface area (Å²) in [5, 5.41) is 11.5. The van der Waals surface area contributed by atoms with Crippen LogP contribution >= 0.6 is 23.2 Å². The van der Waals surface area contributed by atoms with Gasteiger partial charge in [0.2, 0.25) is 0 Å².